The van der Waals surface area contributed by atoms with Crippen LogP contribution in [0, 0.1) is 0 Å². The Hall–Kier alpha value is -2.59. The third-order valence-electron chi connectivity index (χ3n) is 7.87. The SMILES string of the molecule is CC/C=C/C/C=C/C/C=C/C/C=C/CCCCC(=O)O[C@H](COC(=O)CCCCCCC/C=C/C=C/CCCCCC)COP(=O)(O)OC[C@@H](O)CO. The van der Waals surface area contributed by atoms with Crippen molar-refractivity contribution in [3.8, 4) is 0 Å². The number of aliphatic hydroxyl groups is 2. The van der Waals surface area contributed by atoms with Gasteiger partial charge in [0.25, 0.3) is 0 Å². The molecule has 0 heterocycles. The summed E-state index contributed by atoms with van der Waals surface area (Å²) in [4.78, 5) is 34.9. The maximum atomic E-state index is 12.6. The van der Waals surface area contributed by atoms with Crippen molar-refractivity contribution in [3.63, 3.8) is 0 Å². The summed E-state index contributed by atoms with van der Waals surface area (Å²) in [6.45, 7) is 2.15. The van der Waals surface area contributed by atoms with E-state index in [9.17, 15) is 24.2 Å². The molecule has 0 rings (SSSR count). The van der Waals surface area contributed by atoms with Gasteiger partial charge in [0.2, 0.25) is 0 Å². The Balaban J connectivity index is 4.47. The number of unbranched alkanes of at least 4 members (excludes halogenated alkanes) is 11. The van der Waals surface area contributed by atoms with Gasteiger partial charge in [-0.2, -0.15) is 0 Å². The second-order valence-electron chi connectivity index (χ2n) is 13.0. The Morgan fingerprint density at radius 2 is 1.09 bits per heavy atom. The second-order valence-corrected chi connectivity index (χ2v) is 14.4. The summed E-state index contributed by atoms with van der Waals surface area (Å²) in [5.74, 6) is -1.000. The number of aliphatic hydroxyl groups excluding tert-OH is 2. The van der Waals surface area contributed by atoms with Crippen LogP contribution in [0.15, 0.2) is 72.9 Å². The number of carbonyl (C=O) groups excluding carboxylic acids is 2. The van der Waals surface area contributed by atoms with Gasteiger partial charge in [-0.1, -0.05) is 125 Å². The summed E-state index contributed by atoms with van der Waals surface area (Å²) >= 11 is 0. The van der Waals surface area contributed by atoms with Gasteiger partial charge < -0.3 is 24.6 Å². The molecule has 0 aliphatic carbocycles. The summed E-state index contributed by atoms with van der Waals surface area (Å²) in [5, 5.41) is 18.3. The molecule has 0 amide bonds. The normalized spacial score (nSPS) is 14.7. The van der Waals surface area contributed by atoms with E-state index in [1.54, 1.807) is 0 Å². The van der Waals surface area contributed by atoms with Gasteiger partial charge in [-0.15, -0.1) is 0 Å². The lowest BCUT2D eigenvalue weighted by Gasteiger charge is -2.20. The minimum atomic E-state index is -4.63. The lowest BCUT2D eigenvalue weighted by atomic mass is 10.1. The van der Waals surface area contributed by atoms with Crippen molar-refractivity contribution in [3.05, 3.63) is 72.9 Å². The standard InChI is InChI=1S/C42H71O10P/c1-3-5-7-9-11-13-15-17-19-21-23-25-27-29-31-33-41(45)49-37-40(38-51-53(47,48)50-36-39(44)35-43)52-42(46)34-32-30-28-26-24-22-20-18-16-14-12-10-8-6-4-2/h6,8,12-15,17-20,24,26,39-40,43-44H,3-5,7,9-11,16,21-23,25,27-38H2,1-2H3,(H,47,48)/b8-6+,14-12+,15-13+,19-17+,20-18+,26-24+/t39-,40+/m0/s1. The third kappa shape index (κ3) is 37.5. The van der Waals surface area contributed by atoms with E-state index in [-0.39, 0.29) is 19.4 Å². The minimum Gasteiger partial charge on any atom is -0.462 e. The summed E-state index contributed by atoms with van der Waals surface area (Å²) in [6.07, 6.45) is 41.6. The van der Waals surface area contributed by atoms with Crippen LogP contribution in [0.1, 0.15) is 142 Å². The van der Waals surface area contributed by atoms with E-state index < -0.39 is 51.8 Å². The zero-order valence-electron chi connectivity index (χ0n) is 32.7. The van der Waals surface area contributed by atoms with Gasteiger partial charge in [0.05, 0.1) is 19.8 Å². The molecular weight excluding hydrogens is 695 g/mol. The lowest BCUT2D eigenvalue weighted by molar-refractivity contribution is -0.161. The van der Waals surface area contributed by atoms with Gasteiger partial charge in [0, 0.05) is 12.8 Å². The van der Waals surface area contributed by atoms with E-state index in [2.05, 4.69) is 91.3 Å². The number of esters is 2. The first kappa shape index (κ1) is 50.4. The minimum absolute atomic E-state index is 0.125. The molecule has 0 spiro atoms. The summed E-state index contributed by atoms with van der Waals surface area (Å²) in [7, 11) is -4.63. The van der Waals surface area contributed by atoms with E-state index in [0.29, 0.717) is 12.8 Å². The molecule has 0 aromatic carbocycles. The molecule has 3 N–H and O–H groups in total. The van der Waals surface area contributed by atoms with Crippen molar-refractivity contribution in [2.45, 2.75) is 154 Å². The Morgan fingerprint density at radius 3 is 1.72 bits per heavy atom. The number of hydrogen-bond acceptors (Lipinski definition) is 9. The molecule has 0 aliphatic heterocycles. The Morgan fingerprint density at radius 1 is 0.604 bits per heavy atom. The average Bonchev–Trinajstić information content (AvgIpc) is 3.14. The number of carbonyl (C=O) groups is 2. The monoisotopic (exact) mass is 766 g/mol. The van der Waals surface area contributed by atoms with Crippen LogP contribution in [-0.4, -0.2) is 65.7 Å². The molecule has 3 atom stereocenters. The quantitative estimate of drug-likeness (QED) is 0.0185. The van der Waals surface area contributed by atoms with Gasteiger partial charge >= 0.3 is 19.8 Å². The molecule has 0 fully saturated rings. The average molecular weight is 767 g/mol. The van der Waals surface area contributed by atoms with Gasteiger partial charge in [-0.25, -0.2) is 4.57 Å². The molecule has 11 heteroatoms. The number of ether oxygens (including phenoxy) is 2. The fourth-order valence-electron chi connectivity index (χ4n) is 4.80. The van der Waals surface area contributed by atoms with Crippen LogP contribution in [0.5, 0.6) is 0 Å². The Kier molecular flexibility index (Phi) is 35.9. The predicted molar refractivity (Wildman–Crippen MR) is 214 cm³/mol. The van der Waals surface area contributed by atoms with Gasteiger partial charge in [0.1, 0.15) is 12.7 Å². The highest BCUT2D eigenvalue weighted by molar-refractivity contribution is 7.47. The van der Waals surface area contributed by atoms with E-state index in [1.165, 1.54) is 25.7 Å². The topological polar surface area (TPSA) is 149 Å². The van der Waals surface area contributed by atoms with Crippen LogP contribution < -0.4 is 0 Å². The molecule has 0 radical (unpaired) electrons. The van der Waals surface area contributed by atoms with Crippen LogP contribution in [0.4, 0.5) is 0 Å². The van der Waals surface area contributed by atoms with E-state index >= 15 is 0 Å². The molecule has 0 aromatic heterocycles. The summed E-state index contributed by atoms with van der Waals surface area (Å²) in [5.41, 5.74) is 0. The zero-order valence-corrected chi connectivity index (χ0v) is 33.6. The molecule has 1 unspecified atom stereocenters. The molecule has 0 saturated heterocycles. The smallest absolute Gasteiger partial charge is 0.462 e. The largest absolute Gasteiger partial charge is 0.472 e. The highest BCUT2D eigenvalue weighted by Gasteiger charge is 2.27. The van der Waals surface area contributed by atoms with Crippen molar-refractivity contribution in [2.75, 3.05) is 26.4 Å². The van der Waals surface area contributed by atoms with Crippen LogP contribution >= 0.6 is 7.82 Å². The maximum Gasteiger partial charge on any atom is 0.472 e. The number of phosphoric acid groups is 1. The highest BCUT2D eigenvalue weighted by atomic mass is 31.2. The molecule has 10 nitrogen and oxygen atoms in total. The first-order valence-corrected chi connectivity index (χ1v) is 21.4. The van der Waals surface area contributed by atoms with Crippen molar-refractivity contribution >= 4 is 19.8 Å². The van der Waals surface area contributed by atoms with Crippen molar-refractivity contribution in [2.24, 2.45) is 0 Å². The molecule has 304 valence electrons. The predicted octanol–water partition coefficient (Wildman–Crippen LogP) is 10.1. The van der Waals surface area contributed by atoms with Gasteiger partial charge in [-0.3, -0.25) is 18.6 Å². The maximum absolute atomic E-state index is 12.6. The Bertz CT molecular complexity index is 1110. The number of hydrogen-bond donors (Lipinski definition) is 3. The van der Waals surface area contributed by atoms with E-state index in [0.717, 1.165) is 77.0 Å². The van der Waals surface area contributed by atoms with E-state index in [1.807, 2.05) is 0 Å². The second kappa shape index (κ2) is 37.7. The van der Waals surface area contributed by atoms with Gasteiger partial charge in [-0.05, 0) is 77.0 Å². The zero-order chi connectivity index (χ0) is 39.1. The molecule has 0 saturated carbocycles. The first-order valence-electron chi connectivity index (χ1n) is 19.9. The molecular formula is C42H71O10P. The van der Waals surface area contributed by atoms with E-state index in [4.69, 9.17) is 19.1 Å². The van der Waals surface area contributed by atoms with Crippen LogP contribution in [0.25, 0.3) is 0 Å². The highest BCUT2D eigenvalue weighted by Crippen LogP contribution is 2.43. The van der Waals surface area contributed by atoms with Gasteiger partial charge in [0.15, 0.2) is 6.10 Å². The van der Waals surface area contributed by atoms with Crippen LogP contribution in [0.3, 0.4) is 0 Å². The molecule has 0 aromatic rings. The van der Waals surface area contributed by atoms with Crippen molar-refractivity contribution in [1.29, 1.82) is 0 Å². The lowest BCUT2D eigenvalue weighted by Crippen LogP contribution is -2.29. The molecule has 0 aliphatic rings. The third-order valence-corrected chi connectivity index (χ3v) is 8.82. The fraction of sp³-hybridized carbons (Fsp3) is 0.667. The van der Waals surface area contributed by atoms with Crippen LogP contribution in [-0.2, 0) is 32.7 Å². The first-order chi connectivity index (χ1) is 25.7. The number of rotatable bonds is 36. The number of phosphoric ester groups is 1. The van der Waals surface area contributed by atoms with Crippen molar-refractivity contribution < 1.29 is 47.8 Å². The fourth-order valence-corrected chi connectivity index (χ4v) is 5.59. The van der Waals surface area contributed by atoms with Crippen molar-refractivity contribution in [1.82, 2.24) is 0 Å². The van der Waals surface area contributed by atoms with Crippen LogP contribution in [0.2, 0.25) is 0 Å². The number of allylic oxidation sites excluding steroid dienone is 12. The summed E-state index contributed by atoms with van der Waals surface area (Å²) in [6, 6.07) is 0. The molecule has 0 bridgehead atoms. The molecule has 53 heavy (non-hydrogen) atoms. The summed E-state index contributed by atoms with van der Waals surface area (Å²) < 4.78 is 32.6. The Labute approximate surface area is 320 Å².